The van der Waals surface area contributed by atoms with Crippen molar-refractivity contribution in [2.24, 2.45) is 0 Å². The van der Waals surface area contributed by atoms with Gasteiger partial charge in [-0.2, -0.15) is 0 Å². The average Bonchev–Trinajstić information content (AvgIpc) is 2.74. The third kappa shape index (κ3) is 3.70. The van der Waals surface area contributed by atoms with Crippen LogP contribution >= 0.6 is 15.9 Å². The van der Waals surface area contributed by atoms with Crippen LogP contribution in [0.4, 0.5) is 5.69 Å². The predicted molar refractivity (Wildman–Crippen MR) is 75.0 cm³/mol. The summed E-state index contributed by atoms with van der Waals surface area (Å²) < 4.78 is 30.3. The lowest BCUT2D eigenvalue weighted by atomic mass is 10.2. The fourth-order valence-corrected chi connectivity index (χ4v) is 4.11. The summed E-state index contributed by atoms with van der Waals surface area (Å²) in [7, 11) is -3.17. The van der Waals surface area contributed by atoms with Crippen LogP contribution in [-0.2, 0) is 20.3 Å². The van der Waals surface area contributed by atoms with Gasteiger partial charge in [-0.3, -0.25) is 0 Å². The Balaban J connectivity index is 2.07. The minimum Gasteiger partial charge on any atom is -0.398 e. The van der Waals surface area contributed by atoms with Crippen molar-refractivity contribution in [2.45, 2.75) is 24.7 Å². The third-order valence-electron chi connectivity index (χ3n) is 2.95. The number of rotatable bonds is 4. The lowest BCUT2D eigenvalue weighted by Crippen LogP contribution is -2.21. The Morgan fingerprint density at radius 1 is 1.44 bits per heavy atom. The third-order valence-corrected chi connectivity index (χ3v) is 5.07. The van der Waals surface area contributed by atoms with Gasteiger partial charge in [0.25, 0.3) is 0 Å². The van der Waals surface area contributed by atoms with E-state index in [0.717, 1.165) is 17.3 Å². The molecule has 1 aromatic carbocycles. The molecule has 0 bridgehead atoms. The van der Waals surface area contributed by atoms with Gasteiger partial charge < -0.3 is 10.5 Å². The van der Waals surface area contributed by atoms with Gasteiger partial charge in [-0.15, -0.1) is 0 Å². The summed E-state index contributed by atoms with van der Waals surface area (Å²) >= 11 is 3.30. The van der Waals surface area contributed by atoms with E-state index in [4.69, 9.17) is 10.5 Å². The highest BCUT2D eigenvalue weighted by atomic mass is 79.9. The highest BCUT2D eigenvalue weighted by Crippen LogP contribution is 2.22. The van der Waals surface area contributed by atoms with E-state index in [1.54, 1.807) is 18.2 Å². The second-order valence-electron chi connectivity index (χ2n) is 4.53. The van der Waals surface area contributed by atoms with Crippen molar-refractivity contribution < 1.29 is 13.2 Å². The zero-order valence-electron chi connectivity index (χ0n) is 9.93. The lowest BCUT2D eigenvalue weighted by molar-refractivity contribution is 0.127. The van der Waals surface area contributed by atoms with Gasteiger partial charge in [-0.1, -0.05) is 22.0 Å². The molecule has 0 radical (unpaired) electrons. The first-order valence-corrected chi connectivity index (χ1v) is 8.44. The van der Waals surface area contributed by atoms with Crippen molar-refractivity contribution in [2.75, 3.05) is 18.1 Å². The van der Waals surface area contributed by atoms with Gasteiger partial charge in [-0.05, 0) is 30.5 Å². The second kappa shape index (κ2) is 5.59. The van der Waals surface area contributed by atoms with Crippen molar-refractivity contribution in [1.82, 2.24) is 0 Å². The van der Waals surface area contributed by atoms with Crippen LogP contribution in [0.15, 0.2) is 22.7 Å². The van der Waals surface area contributed by atoms with E-state index in [1.165, 1.54) is 0 Å². The number of hydrogen-bond acceptors (Lipinski definition) is 4. The maximum Gasteiger partial charge on any atom is 0.157 e. The van der Waals surface area contributed by atoms with Crippen LogP contribution in [0.1, 0.15) is 18.4 Å². The fourth-order valence-electron chi connectivity index (χ4n) is 2.05. The molecule has 1 aliphatic heterocycles. The monoisotopic (exact) mass is 333 g/mol. The van der Waals surface area contributed by atoms with Gasteiger partial charge in [0, 0.05) is 16.8 Å². The number of nitrogens with two attached hydrogens (primary N) is 1. The zero-order valence-corrected chi connectivity index (χ0v) is 12.3. The fraction of sp³-hybridized carbons (Fsp3) is 0.500. The van der Waals surface area contributed by atoms with Gasteiger partial charge in [0.15, 0.2) is 9.84 Å². The number of nitrogen functional groups attached to an aromatic ring is 1. The molecular formula is C12H16BrNO3S. The SMILES string of the molecule is Nc1cc(Br)ccc1CS(=O)(=O)CC1CCCO1. The normalized spacial score (nSPS) is 20.2. The Bertz CT molecular complexity index is 524. The largest absolute Gasteiger partial charge is 0.398 e. The maximum absolute atomic E-state index is 12.0. The van der Waals surface area contributed by atoms with Crippen LogP contribution < -0.4 is 5.73 Å². The van der Waals surface area contributed by atoms with E-state index in [2.05, 4.69) is 15.9 Å². The van der Waals surface area contributed by atoms with Crippen molar-refractivity contribution in [3.63, 3.8) is 0 Å². The summed E-state index contributed by atoms with van der Waals surface area (Å²) in [5.74, 6) is 0.0640. The molecule has 1 heterocycles. The molecule has 6 heteroatoms. The molecule has 0 spiro atoms. The van der Waals surface area contributed by atoms with E-state index >= 15 is 0 Å². The van der Waals surface area contributed by atoms with Crippen molar-refractivity contribution >= 4 is 31.5 Å². The molecule has 0 aromatic heterocycles. The first-order chi connectivity index (χ1) is 8.46. The maximum atomic E-state index is 12.0. The van der Waals surface area contributed by atoms with Crippen LogP contribution in [-0.4, -0.2) is 26.9 Å². The second-order valence-corrected chi connectivity index (χ2v) is 7.56. The molecule has 0 aliphatic carbocycles. The Morgan fingerprint density at radius 2 is 2.22 bits per heavy atom. The Kier molecular flexibility index (Phi) is 4.29. The standard InChI is InChI=1S/C12H16BrNO3S/c13-10-4-3-9(12(14)6-10)7-18(15,16)8-11-2-1-5-17-11/h3-4,6,11H,1-2,5,7-8,14H2. The Morgan fingerprint density at radius 3 is 2.83 bits per heavy atom. The molecular weight excluding hydrogens is 318 g/mol. The van der Waals surface area contributed by atoms with Gasteiger partial charge >= 0.3 is 0 Å². The summed E-state index contributed by atoms with van der Waals surface area (Å²) in [5.41, 5.74) is 6.96. The van der Waals surface area contributed by atoms with E-state index in [9.17, 15) is 8.42 Å². The van der Waals surface area contributed by atoms with Crippen LogP contribution in [0.2, 0.25) is 0 Å². The molecule has 18 heavy (non-hydrogen) atoms. The molecule has 1 unspecified atom stereocenters. The van der Waals surface area contributed by atoms with E-state index in [1.807, 2.05) is 0 Å². The first kappa shape index (κ1) is 13.8. The van der Waals surface area contributed by atoms with Crippen LogP contribution in [0.5, 0.6) is 0 Å². The summed E-state index contributed by atoms with van der Waals surface area (Å²) in [6, 6.07) is 5.26. The molecule has 100 valence electrons. The average molecular weight is 334 g/mol. The summed E-state index contributed by atoms with van der Waals surface area (Å²) in [4.78, 5) is 0. The number of hydrogen-bond donors (Lipinski definition) is 1. The Labute approximate surface area is 116 Å². The van der Waals surface area contributed by atoms with Crippen LogP contribution in [0.25, 0.3) is 0 Å². The lowest BCUT2D eigenvalue weighted by Gasteiger charge is -2.11. The molecule has 1 atom stereocenters. The molecule has 4 nitrogen and oxygen atoms in total. The molecule has 1 aromatic rings. The van der Waals surface area contributed by atoms with Crippen molar-refractivity contribution in [3.05, 3.63) is 28.2 Å². The number of sulfone groups is 1. The highest BCUT2D eigenvalue weighted by molar-refractivity contribution is 9.10. The quantitative estimate of drug-likeness (QED) is 0.857. The predicted octanol–water partition coefficient (Wildman–Crippen LogP) is 2.13. The summed E-state index contributed by atoms with van der Waals surface area (Å²) in [6.07, 6.45) is 1.63. The summed E-state index contributed by atoms with van der Waals surface area (Å²) in [5, 5.41) is 0. The smallest absolute Gasteiger partial charge is 0.157 e. The minimum atomic E-state index is -3.17. The molecule has 1 aliphatic rings. The van der Waals surface area contributed by atoms with Gasteiger partial charge in [-0.25, -0.2) is 8.42 Å². The molecule has 2 rings (SSSR count). The van der Waals surface area contributed by atoms with Crippen molar-refractivity contribution in [3.8, 4) is 0 Å². The highest BCUT2D eigenvalue weighted by Gasteiger charge is 2.24. The number of anilines is 1. The minimum absolute atomic E-state index is 0.0219. The first-order valence-electron chi connectivity index (χ1n) is 5.82. The topological polar surface area (TPSA) is 69.4 Å². The molecule has 2 N–H and O–H groups in total. The number of ether oxygens (including phenoxy) is 1. The van der Waals surface area contributed by atoms with E-state index in [-0.39, 0.29) is 17.6 Å². The van der Waals surface area contributed by atoms with E-state index < -0.39 is 9.84 Å². The van der Waals surface area contributed by atoms with Gasteiger partial charge in [0.1, 0.15) is 0 Å². The van der Waals surface area contributed by atoms with Crippen LogP contribution in [0, 0.1) is 0 Å². The molecule has 1 saturated heterocycles. The molecule has 0 saturated carbocycles. The van der Waals surface area contributed by atoms with Crippen molar-refractivity contribution in [1.29, 1.82) is 0 Å². The zero-order chi connectivity index (χ0) is 13.2. The summed E-state index contributed by atoms with van der Waals surface area (Å²) in [6.45, 7) is 0.667. The van der Waals surface area contributed by atoms with Gasteiger partial charge in [0.05, 0.1) is 17.6 Å². The molecule has 1 fully saturated rings. The van der Waals surface area contributed by atoms with Crippen LogP contribution in [0.3, 0.4) is 0 Å². The van der Waals surface area contributed by atoms with E-state index in [0.29, 0.717) is 17.9 Å². The number of halogens is 1. The molecule has 0 amide bonds. The number of benzene rings is 1. The van der Waals surface area contributed by atoms with Gasteiger partial charge in [0.2, 0.25) is 0 Å². The Hall–Kier alpha value is -0.590.